The number of para-hydroxylation sites is 1. The maximum absolute atomic E-state index is 13.7. The molecule has 0 radical (unpaired) electrons. The molecule has 0 aliphatic carbocycles. The van der Waals surface area contributed by atoms with Gasteiger partial charge in [-0.1, -0.05) is 60.7 Å². The summed E-state index contributed by atoms with van der Waals surface area (Å²) in [5.74, 6) is -1.61. The number of likely N-dealkylation sites (N-methyl/N-ethyl adjacent to an activating group) is 1. The second-order valence-electron chi connectivity index (χ2n) is 10.6. The topological polar surface area (TPSA) is 94.9 Å². The number of rotatable bonds is 8. The van der Waals surface area contributed by atoms with Crippen LogP contribution in [-0.2, 0) is 29.6 Å². The van der Waals surface area contributed by atoms with E-state index in [0.29, 0.717) is 17.7 Å². The number of hydrogen-bond acceptors (Lipinski definition) is 4. The molecule has 3 atom stereocenters. The van der Waals surface area contributed by atoms with Crippen LogP contribution in [0.3, 0.4) is 0 Å². The summed E-state index contributed by atoms with van der Waals surface area (Å²) in [5.41, 5.74) is 2.92. The molecule has 3 aromatic carbocycles. The van der Waals surface area contributed by atoms with Crippen molar-refractivity contribution in [3.8, 4) is 0 Å². The molecule has 9 heteroatoms. The van der Waals surface area contributed by atoms with Gasteiger partial charge in [0.05, 0.1) is 11.7 Å². The molecular weight excluding hydrogens is 523 g/mol. The van der Waals surface area contributed by atoms with Crippen LogP contribution in [0.1, 0.15) is 27.9 Å². The second kappa shape index (κ2) is 11.9. The molecule has 2 heterocycles. The average molecular weight is 557 g/mol. The van der Waals surface area contributed by atoms with Crippen molar-refractivity contribution >= 4 is 28.6 Å². The molecule has 1 aliphatic rings. The Kier molecular flexibility index (Phi) is 8.16. The third-order valence-electron chi connectivity index (χ3n) is 7.58. The maximum atomic E-state index is 13.7. The predicted molar refractivity (Wildman–Crippen MR) is 153 cm³/mol. The predicted octanol–water partition coefficient (Wildman–Crippen LogP) is 3.28. The van der Waals surface area contributed by atoms with Gasteiger partial charge in [0.25, 0.3) is 5.91 Å². The number of aliphatic hydroxyl groups is 1. The number of β-amino-alcohol motifs (C(OH)–C–C–N with tert-alkyl or cyclic N) is 1. The smallest absolute Gasteiger partial charge is 0.256 e. The lowest BCUT2D eigenvalue weighted by Crippen LogP contribution is -2.54. The van der Waals surface area contributed by atoms with E-state index in [-0.39, 0.29) is 31.2 Å². The molecule has 0 unspecified atom stereocenters. The first-order chi connectivity index (χ1) is 19.7. The Bertz CT molecular complexity index is 1550. The Morgan fingerprint density at radius 2 is 1.68 bits per heavy atom. The highest BCUT2D eigenvalue weighted by Gasteiger charge is 2.41. The summed E-state index contributed by atoms with van der Waals surface area (Å²) >= 11 is 0. The van der Waals surface area contributed by atoms with Crippen LogP contribution in [0, 0.1) is 5.82 Å². The Balaban J connectivity index is 1.38. The fourth-order valence-electron chi connectivity index (χ4n) is 5.48. The molecule has 212 valence electrons. The van der Waals surface area contributed by atoms with E-state index in [9.17, 15) is 23.9 Å². The van der Waals surface area contributed by atoms with Crippen LogP contribution in [0.2, 0.25) is 0 Å². The Morgan fingerprint density at radius 3 is 2.41 bits per heavy atom. The first kappa shape index (κ1) is 28.0. The summed E-state index contributed by atoms with van der Waals surface area (Å²) < 4.78 is 15.4. The number of aryl methyl sites for hydroxylation is 1. The van der Waals surface area contributed by atoms with E-state index in [1.54, 1.807) is 25.4 Å². The number of aromatic nitrogens is 1. The molecule has 1 aliphatic heterocycles. The minimum Gasteiger partial charge on any atom is -0.391 e. The minimum atomic E-state index is -0.964. The number of nitrogens with zero attached hydrogens (tertiary/aromatic N) is 3. The Hall–Kier alpha value is -4.50. The Morgan fingerprint density at radius 1 is 1.00 bits per heavy atom. The highest BCUT2D eigenvalue weighted by molar-refractivity contribution is 6.08. The van der Waals surface area contributed by atoms with Gasteiger partial charge in [-0.2, -0.15) is 0 Å². The van der Waals surface area contributed by atoms with Gasteiger partial charge in [0, 0.05) is 57.1 Å². The molecule has 0 bridgehead atoms. The fraction of sp³-hybridized carbons (Fsp3) is 0.281. The van der Waals surface area contributed by atoms with Crippen LogP contribution in [0.25, 0.3) is 10.9 Å². The standard InChI is InChI=1S/C32H33FN4O4/c1-35-20-26(25-10-6-7-11-28(25)35)31(40)37-19-24(38)17-29(37)30(39)34-27(16-21-12-14-23(33)15-13-21)32(41)36(2)18-22-8-4-3-5-9-22/h3-15,20,24,27,29,38H,16-19H2,1-2H3,(H,34,39)/t24-,27+,29+/m1/s1. The SMILES string of the molecule is CN(Cc1ccccc1)C(=O)[C@H](Cc1ccc(F)cc1)NC(=O)[C@@H]1C[C@@H](O)CN1C(=O)c1cn(C)c2ccccc12. The number of hydrogen-bond donors (Lipinski definition) is 2. The van der Waals surface area contributed by atoms with Crippen molar-refractivity contribution in [3.63, 3.8) is 0 Å². The maximum Gasteiger partial charge on any atom is 0.256 e. The summed E-state index contributed by atoms with van der Waals surface area (Å²) in [4.78, 5) is 43.9. The fourth-order valence-corrected chi connectivity index (χ4v) is 5.48. The first-order valence-corrected chi connectivity index (χ1v) is 13.6. The normalized spacial score (nSPS) is 17.4. The molecule has 1 aromatic heterocycles. The number of halogens is 1. The summed E-state index contributed by atoms with van der Waals surface area (Å²) in [5, 5.41) is 14.1. The lowest BCUT2D eigenvalue weighted by molar-refractivity contribution is -0.136. The highest BCUT2D eigenvalue weighted by Crippen LogP contribution is 2.26. The van der Waals surface area contributed by atoms with Gasteiger partial charge in [0.2, 0.25) is 11.8 Å². The quantitative estimate of drug-likeness (QED) is 0.348. The van der Waals surface area contributed by atoms with Crippen LogP contribution in [0.15, 0.2) is 85.1 Å². The van der Waals surface area contributed by atoms with E-state index in [2.05, 4.69) is 5.32 Å². The monoisotopic (exact) mass is 556 g/mol. The zero-order chi connectivity index (χ0) is 29.1. The van der Waals surface area contributed by atoms with E-state index in [0.717, 1.165) is 16.5 Å². The molecular formula is C32H33FN4O4. The highest BCUT2D eigenvalue weighted by atomic mass is 19.1. The van der Waals surface area contributed by atoms with Gasteiger partial charge < -0.3 is 24.8 Å². The van der Waals surface area contributed by atoms with E-state index in [4.69, 9.17) is 0 Å². The van der Waals surface area contributed by atoms with Gasteiger partial charge in [0.15, 0.2) is 0 Å². The number of carbonyl (C=O) groups excluding carboxylic acids is 3. The van der Waals surface area contributed by atoms with E-state index < -0.39 is 29.9 Å². The zero-order valence-corrected chi connectivity index (χ0v) is 23.0. The van der Waals surface area contributed by atoms with Gasteiger partial charge in [-0.3, -0.25) is 14.4 Å². The molecule has 0 saturated carbocycles. The lowest BCUT2D eigenvalue weighted by atomic mass is 10.0. The second-order valence-corrected chi connectivity index (χ2v) is 10.6. The third kappa shape index (κ3) is 6.15. The molecule has 2 N–H and O–H groups in total. The Labute approximate surface area is 238 Å². The first-order valence-electron chi connectivity index (χ1n) is 13.6. The number of nitrogens with one attached hydrogen (secondary N) is 1. The molecule has 5 rings (SSSR count). The van der Waals surface area contributed by atoms with Gasteiger partial charge in [-0.15, -0.1) is 0 Å². The van der Waals surface area contributed by atoms with Crippen molar-refractivity contribution in [1.82, 2.24) is 19.7 Å². The lowest BCUT2D eigenvalue weighted by Gasteiger charge is -2.28. The van der Waals surface area contributed by atoms with Crippen LogP contribution in [-0.4, -0.2) is 69.0 Å². The van der Waals surface area contributed by atoms with E-state index in [1.165, 1.54) is 21.9 Å². The van der Waals surface area contributed by atoms with E-state index >= 15 is 0 Å². The molecule has 3 amide bonds. The van der Waals surface area contributed by atoms with Gasteiger partial charge in [0.1, 0.15) is 17.9 Å². The number of likely N-dealkylation sites (tertiary alicyclic amines) is 1. The van der Waals surface area contributed by atoms with Crippen molar-refractivity contribution in [1.29, 1.82) is 0 Å². The van der Waals surface area contributed by atoms with Crippen LogP contribution < -0.4 is 5.32 Å². The van der Waals surface area contributed by atoms with Crippen LogP contribution >= 0.6 is 0 Å². The van der Waals surface area contributed by atoms with Crippen molar-refractivity contribution < 1.29 is 23.9 Å². The molecule has 1 saturated heterocycles. The number of aliphatic hydroxyl groups excluding tert-OH is 1. The number of carbonyl (C=O) groups is 3. The average Bonchev–Trinajstić information content (AvgIpc) is 3.53. The van der Waals surface area contributed by atoms with Gasteiger partial charge in [-0.05, 0) is 29.3 Å². The van der Waals surface area contributed by atoms with Gasteiger partial charge in [-0.25, -0.2) is 4.39 Å². The van der Waals surface area contributed by atoms with Crippen molar-refractivity contribution in [3.05, 3.63) is 108 Å². The van der Waals surface area contributed by atoms with Crippen molar-refractivity contribution in [2.24, 2.45) is 7.05 Å². The van der Waals surface area contributed by atoms with Crippen molar-refractivity contribution in [2.45, 2.75) is 37.6 Å². The molecule has 41 heavy (non-hydrogen) atoms. The largest absolute Gasteiger partial charge is 0.391 e. The summed E-state index contributed by atoms with van der Waals surface area (Å²) in [7, 11) is 3.51. The van der Waals surface area contributed by atoms with Crippen LogP contribution in [0.4, 0.5) is 4.39 Å². The third-order valence-corrected chi connectivity index (χ3v) is 7.58. The number of benzene rings is 3. The summed E-state index contributed by atoms with van der Waals surface area (Å²) in [6.45, 7) is 0.341. The van der Waals surface area contributed by atoms with Crippen molar-refractivity contribution in [2.75, 3.05) is 13.6 Å². The molecule has 8 nitrogen and oxygen atoms in total. The van der Waals surface area contributed by atoms with E-state index in [1.807, 2.05) is 66.2 Å². The number of fused-ring (bicyclic) bond motifs is 1. The molecule has 0 spiro atoms. The summed E-state index contributed by atoms with van der Waals surface area (Å²) in [6.07, 6.45) is 1.04. The molecule has 1 fully saturated rings. The molecule has 4 aromatic rings. The summed E-state index contributed by atoms with van der Waals surface area (Å²) in [6, 6.07) is 20.8. The minimum absolute atomic E-state index is 0.00459. The van der Waals surface area contributed by atoms with Crippen LogP contribution in [0.5, 0.6) is 0 Å². The zero-order valence-electron chi connectivity index (χ0n) is 23.0. The van der Waals surface area contributed by atoms with Gasteiger partial charge >= 0.3 is 0 Å². The number of amides is 3.